The van der Waals surface area contributed by atoms with E-state index in [1.807, 2.05) is 0 Å². The molecule has 2 bridgehead atoms. The van der Waals surface area contributed by atoms with Crippen LogP contribution in [-0.4, -0.2) is 31.0 Å². The summed E-state index contributed by atoms with van der Waals surface area (Å²) in [5.74, 6) is 0. The zero-order chi connectivity index (χ0) is 10.3. The largest absolute Gasteiger partial charge is 0.311 e. The molecule has 2 aliphatic rings. The lowest BCUT2D eigenvalue weighted by Crippen LogP contribution is -2.45. The third-order valence-corrected chi connectivity index (χ3v) is 6.18. The normalized spacial score (nSPS) is 37.8. The van der Waals surface area contributed by atoms with Crippen molar-refractivity contribution < 1.29 is 8.42 Å². The Morgan fingerprint density at radius 3 is 2.07 bits per heavy atom. The molecule has 2 aliphatic heterocycles. The first-order valence-electron chi connectivity index (χ1n) is 5.49. The summed E-state index contributed by atoms with van der Waals surface area (Å²) in [7, 11) is -2.87. The van der Waals surface area contributed by atoms with E-state index < -0.39 is 9.84 Å². The van der Waals surface area contributed by atoms with Crippen molar-refractivity contribution in [1.29, 1.82) is 0 Å². The zero-order valence-electron chi connectivity index (χ0n) is 8.86. The van der Waals surface area contributed by atoms with E-state index in [1.165, 1.54) is 0 Å². The number of hydrogen-bond donors (Lipinski definition) is 1. The van der Waals surface area contributed by atoms with E-state index in [4.69, 9.17) is 0 Å². The van der Waals surface area contributed by atoms with Crippen molar-refractivity contribution in [2.75, 3.05) is 0 Å². The molecule has 1 unspecified atom stereocenters. The first kappa shape index (κ1) is 10.4. The molecule has 3 nitrogen and oxygen atoms in total. The van der Waals surface area contributed by atoms with Gasteiger partial charge in [-0.05, 0) is 39.5 Å². The minimum absolute atomic E-state index is 0.0822. The van der Waals surface area contributed by atoms with E-state index >= 15 is 0 Å². The monoisotopic (exact) mass is 217 g/mol. The standard InChI is InChI=1S/C10H19NO2S/c1-7(2)14(12,13)10-5-8-3-4-9(6-10)11-8/h7-11H,3-6H2,1-2H3/t8-,9+,10?. The van der Waals surface area contributed by atoms with Crippen LogP contribution >= 0.6 is 0 Å². The fourth-order valence-corrected chi connectivity index (χ4v) is 4.43. The highest BCUT2D eigenvalue weighted by molar-refractivity contribution is 7.92. The molecule has 0 spiro atoms. The number of nitrogens with one attached hydrogen (secondary N) is 1. The predicted molar refractivity (Wildman–Crippen MR) is 57.0 cm³/mol. The molecule has 0 radical (unpaired) electrons. The Hall–Kier alpha value is -0.0900. The summed E-state index contributed by atoms with van der Waals surface area (Å²) in [4.78, 5) is 0. The highest BCUT2D eigenvalue weighted by Crippen LogP contribution is 2.31. The van der Waals surface area contributed by atoms with Gasteiger partial charge in [-0.15, -0.1) is 0 Å². The molecule has 1 N–H and O–H groups in total. The maximum Gasteiger partial charge on any atom is 0.155 e. The summed E-state index contributed by atoms with van der Waals surface area (Å²) in [6.07, 6.45) is 3.98. The van der Waals surface area contributed by atoms with Crippen LogP contribution in [0.25, 0.3) is 0 Å². The molecule has 0 amide bonds. The highest BCUT2D eigenvalue weighted by atomic mass is 32.2. The molecule has 0 aromatic rings. The number of rotatable bonds is 2. The smallest absolute Gasteiger partial charge is 0.155 e. The van der Waals surface area contributed by atoms with Crippen molar-refractivity contribution in [2.45, 2.75) is 62.1 Å². The molecule has 82 valence electrons. The first-order chi connectivity index (χ1) is 6.50. The lowest BCUT2D eigenvalue weighted by Gasteiger charge is -2.29. The summed E-state index contributed by atoms with van der Waals surface area (Å²) in [5.41, 5.74) is 0. The van der Waals surface area contributed by atoms with E-state index in [9.17, 15) is 8.42 Å². The maximum absolute atomic E-state index is 12.0. The molecule has 3 atom stereocenters. The average molecular weight is 217 g/mol. The fourth-order valence-electron chi connectivity index (χ4n) is 2.66. The Morgan fingerprint density at radius 2 is 1.64 bits per heavy atom. The number of sulfone groups is 1. The Bertz CT molecular complexity index is 298. The summed E-state index contributed by atoms with van der Waals surface area (Å²) >= 11 is 0. The van der Waals surface area contributed by atoms with Gasteiger partial charge in [0.2, 0.25) is 0 Å². The molecule has 0 aromatic heterocycles. The van der Waals surface area contributed by atoms with Gasteiger partial charge in [0.25, 0.3) is 0 Å². The van der Waals surface area contributed by atoms with Crippen molar-refractivity contribution in [3.63, 3.8) is 0 Å². The summed E-state index contributed by atoms with van der Waals surface area (Å²) in [6, 6.07) is 0.930. The molecule has 14 heavy (non-hydrogen) atoms. The van der Waals surface area contributed by atoms with Crippen LogP contribution in [0.5, 0.6) is 0 Å². The summed E-state index contributed by atoms with van der Waals surface area (Å²) < 4.78 is 24.0. The van der Waals surface area contributed by atoms with Gasteiger partial charge in [0.1, 0.15) is 0 Å². The third kappa shape index (κ3) is 1.70. The minimum Gasteiger partial charge on any atom is -0.311 e. The van der Waals surface area contributed by atoms with Crippen LogP contribution < -0.4 is 5.32 Å². The zero-order valence-corrected chi connectivity index (χ0v) is 9.68. The van der Waals surface area contributed by atoms with Crippen molar-refractivity contribution in [2.24, 2.45) is 0 Å². The van der Waals surface area contributed by atoms with Gasteiger partial charge in [0.15, 0.2) is 9.84 Å². The first-order valence-corrected chi connectivity index (χ1v) is 7.10. The van der Waals surface area contributed by atoms with Crippen LogP contribution in [0.1, 0.15) is 39.5 Å². The molecule has 2 fully saturated rings. The van der Waals surface area contributed by atoms with Crippen LogP contribution in [0.4, 0.5) is 0 Å². The van der Waals surface area contributed by atoms with Crippen LogP contribution in [0.3, 0.4) is 0 Å². The summed E-state index contributed by atoms with van der Waals surface area (Å²) in [5, 5.41) is 3.17. The molecule has 0 aliphatic carbocycles. The Kier molecular flexibility index (Phi) is 2.60. The second-order valence-electron chi connectivity index (χ2n) is 4.87. The van der Waals surface area contributed by atoms with Crippen LogP contribution in [0.2, 0.25) is 0 Å². The van der Waals surface area contributed by atoms with Gasteiger partial charge in [-0.2, -0.15) is 0 Å². The molecule has 0 saturated carbocycles. The quantitative estimate of drug-likeness (QED) is 0.753. The second-order valence-corrected chi connectivity index (χ2v) is 7.66. The molecule has 2 rings (SSSR count). The van der Waals surface area contributed by atoms with Crippen LogP contribution in [-0.2, 0) is 9.84 Å². The van der Waals surface area contributed by atoms with E-state index in [0.717, 1.165) is 25.7 Å². The van der Waals surface area contributed by atoms with Gasteiger partial charge >= 0.3 is 0 Å². The molecular formula is C10H19NO2S. The van der Waals surface area contributed by atoms with Crippen molar-refractivity contribution in [3.05, 3.63) is 0 Å². The van der Waals surface area contributed by atoms with Gasteiger partial charge in [0.05, 0.1) is 10.5 Å². The van der Waals surface area contributed by atoms with E-state index in [2.05, 4.69) is 5.32 Å². The SMILES string of the molecule is CC(C)S(=O)(=O)C1C[C@H]2CC[C@@H](C1)N2. The molecular weight excluding hydrogens is 198 g/mol. The molecule has 2 heterocycles. The van der Waals surface area contributed by atoms with Crippen LogP contribution in [0, 0.1) is 0 Å². The lowest BCUT2D eigenvalue weighted by atomic mass is 10.1. The van der Waals surface area contributed by atoms with Crippen molar-refractivity contribution in [3.8, 4) is 0 Å². The number of fused-ring (bicyclic) bond motifs is 2. The van der Waals surface area contributed by atoms with Crippen LogP contribution in [0.15, 0.2) is 0 Å². The highest BCUT2D eigenvalue weighted by Gasteiger charge is 2.40. The fraction of sp³-hybridized carbons (Fsp3) is 1.00. The Morgan fingerprint density at radius 1 is 1.14 bits per heavy atom. The van der Waals surface area contributed by atoms with Gasteiger partial charge < -0.3 is 5.32 Å². The van der Waals surface area contributed by atoms with E-state index in [-0.39, 0.29) is 10.5 Å². The topological polar surface area (TPSA) is 46.2 Å². The average Bonchev–Trinajstić information content (AvgIpc) is 2.45. The molecule has 2 saturated heterocycles. The number of hydrogen-bond acceptors (Lipinski definition) is 3. The van der Waals surface area contributed by atoms with E-state index in [1.54, 1.807) is 13.8 Å². The molecule has 4 heteroatoms. The predicted octanol–water partition coefficient (Wildman–Crippen LogP) is 1.09. The van der Waals surface area contributed by atoms with Crippen molar-refractivity contribution in [1.82, 2.24) is 5.32 Å². The van der Waals surface area contributed by atoms with Gasteiger partial charge in [-0.25, -0.2) is 8.42 Å². The van der Waals surface area contributed by atoms with Crippen molar-refractivity contribution >= 4 is 9.84 Å². The van der Waals surface area contributed by atoms with E-state index in [0.29, 0.717) is 12.1 Å². The Labute approximate surface area is 86.2 Å². The number of piperidine rings is 1. The molecule has 0 aromatic carbocycles. The lowest BCUT2D eigenvalue weighted by molar-refractivity contribution is 0.399. The Balaban J connectivity index is 2.13. The second kappa shape index (κ2) is 3.49. The van der Waals surface area contributed by atoms with Gasteiger partial charge in [-0.3, -0.25) is 0 Å². The summed E-state index contributed by atoms with van der Waals surface area (Å²) in [6.45, 7) is 3.58. The third-order valence-electron chi connectivity index (χ3n) is 3.55. The van der Waals surface area contributed by atoms with Gasteiger partial charge in [-0.1, -0.05) is 0 Å². The minimum atomic E-state index is -2.87. The maximum atomic E-state index is 12.0. The van der Waals surface area contributed by atoms with Gasteiger partial charge in [0, 0.05) is 12.1 Å².